The van der Waals surface area contributed by atoms with Crippen LogP contribution in [0.4, 0.5) is 0 Å². The van der Waals surface area contributed by atoms with Crippen LogP contribution in [-0.2, 0) is 4.79 Å². The van der Waals surface area contributed by atoms with E-state index in [-0.39, 0.29) is 12.5 Å². The van der Waals surface area contributed by atoms with Crippen LogP contribution in [0.15, 0.2) is 24.3 Å². The molecule has 0 aromatic rings. The normalized spacial score (nSPS) is 12.9. The summed E-state index contributed by atoms with van der Waals surface area (Å²) in [5.74, 6) is -0.0662. The second-order valence-electron chi connectivity index (χ2n) is 20.8. The number of carbonyl (C=O) groups is 1. The molecule has 0 bridgehead atoms. The minimum absolute atomic E-state index is 0.0662. The summed E-state index contributed by atoms with van der Waals surface area (Å²) in [5.41, 5.74) is 0. The third kappa shape index (κ3) is 53.7. The fourth-order valence-corrected chi connectivity index (χ4v) is 9.61. The highest BCUT2D eigenvalue weighted by Crippen LogP contribution is 2.18. The van der Waals surface area contributed by atoms with Gasteiger partial charge in [-0.05, 0) is 32.1 Å². The van der Waals surface area contributed by atoms with Crippen LogP contribution in [0.1, 0.15) is 341 Å². The lowest BCUT2D eigenvalue weighted by Gasteiger charge is -2.19. The molecular formula is C61H119NO3. The Kier molecular flexibility index (Phi) is 56.2. The highest BCUT2D eigenvalue weighted by molar-refractivity contribution is 5.76. The number of amides is 1. The maximum atomic E-state index is 12.5. The second kappa shape index (κ2) is 57.2. The summed E-state index contributed by atoms with van der Waals surface area (Å²) in [6, 6.07) is -0.637. The molecule has 2 atom stereocenters. The average Bonchev–Trinajstić information content (AvgIpc) is 3.31. The van der Waals surface area contributed by atoms with E-state index in [0.717, 1.165) is 32.1 Å². The SMILES string of the molecule is CCCCCCCCCCCCCCCCCCCCCCCCCCC/C=C/CC/C=C/C(O)C(CO)NC(=O)CCCCCCCCCCCCCCCCCCCCCCCC. The van der Waals surface area contributed by atoms with E-state index in [1.807, 2.05) is 6.08 Å². The Balaban J connectivity index is 3.47. The van der Waals surface area contributed by atoms with Gasteiger partial charge in [0, 0.05) is 6.42 Å². The van der Waals surface area contributed by atoms with Crippen molar-refractivity contribution in [1.82, 2.24) is 5.32 Å². The summed E-state index contributed by atoms with van der Waals surface area (Å²) in [4.78, 5) is 12.5. The van der Waals surface area contributed by atoms with Gasteiger partial charge in [-0.3, -0.25) is 4.79 Å². The molecule has 1 amide bonds. The summed E-state index contributed by atoms with van der Waals surface area (Å²) < 4.78 is 0. The molecule has 4 nitrogen and oxygen atoms in total. The maximum absolute atomic E-state index is 12.5. The van der Waals surface area contributed by atoms with Crippen molar-refractivity contribution in [1.29, 1.82) is 0 Å². The molecule has 0 saturated carbocycles. The van der Waals surface area contributed by atoms with E-state index < -0.39 is 12.1 Å². The minimum Gasteiger partial charge on any atom is -0.394 e. The lowest BCUT2D eigenvalue weighted by atomic mass is 10.0. The van der Waals surface area contributed by atoms with Crippen molar-refractivity contribution in [3.8, 4) is 0 Å². The predicted octanol–water partition coefficient (Wildman–Crippen LogP) is 19.9. The number of hydrogen-bond acceptors (Lipinski definition) is 3. The van der Waals surface area contributed by atoms with Gasteiger partial charge in [-0.25, -0.2) is 0 Å². The summed E-state index contributed by atoms with van der Waals surface area (Å²) in [5, 5.41) is 23.2. The van der Waals surface area contributed by atoms with Gasteiger partial charge < -0.3 is 15.5 Å². The van der Waals surface area contributed by atoms with E-state index in [0.29, 0.717) is 6.42 Å². The van der Waals surface area contributed by atoms with Crippen molar-refractivity contribution in [3.05, 3.63) is 24.3 Å². The molecule has 386 valence electrons. The zero-order valence-corrected chi connectivity index (χ0v) is 44.5. The van der Waals surface area contributed by atoms with Gasteiger partial charge in [-0.2, -0.15) is 0 Å². The molecule has 0 spiro atoms. The molecule has 3 N–H and O–H groups in total. The quantitative estimate of drug-likeness (QED) is 0.0421. The van der Waals surface area contributed by atoms with Crippen molar-refractivity contribution >= 4 is 5.91 Å². The van der Waals surface area contributed by atoms with Crippen LogP contribution in [0.2, 0.25) is 0 Å². The number of aliphatic hydroxyl groups is 2. The summed E-state index contributed by atoms with van der Waals surface area (Å²) in [6.07, 6.45) is 76.5. The van der Waals surface area contributed by atoms with Crippen LogP contribution in [0.5, 0.6) is 0 Å². The Morgan fingerprint density at radius 2 is 0.600 bits per heavy atom. The predicted molar refractivity (Wildman–Crippen MR) is 290 cm³/mol. The van der Waals surface area contributed by atoms with Crippen molar-refractivity contribution in [2.75, 3.05) is 6.61 Å². The molecule has 0 aliphatic heterocycles. The largest absolute Gasteiger partial charge is 0.394 e. The van der Waals surface area contributed by atoms with Crippen LogP contribution in [-0.4, -0.2) is 34.9 Å². The Morgan fingerprint density at radius 3 is 0.892 bits per heavy atom. The van der Waals surface area contributed by atoms with Gasteiger partial charge in [-0.1, -0.05) is 327 Å². The third-order valence-electron chi connectivity index (χ3n) is 14.2. The maximum Gasteiger partial charge on any atom is 0.220 e. The van der Waals surface area contributed by atoms with E-state index in [9.17, 15) is 15.0 Å². The lowest BCUT2D eigenvalue weighted by molar-refractivity contribution is -0.123. The smallest absolute Gasteiger partial charge is 0.220 e. The zero-order chi connectivity index (χ0) is 47.0. The highest BCUT2D eigenvalue weighted by Gasteiger charge is 2.18. The molecule has 0 aromatic carbocycles. The van der Waals surface area contributed by atoms with Crippen molar-refractivity contribution in [3.63, 3.8) is 0 Å². The summed E-state index contributed by atoms with van der Waals surface area (Å²) >= 11 is 0. The number of aliphatic hydroxyl groups excluding tert-OH is 2. The molecule has 0 saturated heterocycles. The number of carbonyl (C=O) groups excluding carboxylic acids is 1. The fraction of sp³-hybridized carbons (Fsp3) is 0.918. The Hall–Kier alpha value is -1.13. The van der Waals surface area contributed by atoms with Gasteiger partial charge in [-0.15, -0.1) is 0 Å². The van der Waals surface area contributed by atoms with Crippen molar-refractivity contribution in [2.45, 2.75) is 353 Å². The number of allylic oxidation sites excluding steroid dienone is 3. The van der Waals surface area contributed by atoms with Crippen LogP contribution in [0.25, 0.3) is 0 Å². The standard InChI is InChI=1S/C61H119NO3/c1-3-5-7-9-11-13-15-17-19-21-23-25-27-28-29-30-31-32-33-34-35-36-38-40-42-44-46-48-50-52-54-56-60(64)59(58-63)62-61(65)57-55-53-51-49-47-45-43-41-39-37-26-24-22-20-18-16-14-12-10-8-6-4-2/h46,48,54,56,59-60,63-64H,3-45,47,49-53,55,57-58H2,1-2H3,(H,62,65)/b48-46+,56-54+. The van der Waals surface area contributed by atoms with E-state index >= 15 is 0 Å². The highest BCUT2D eigenvalue weighted by atomic mass is 16.3. The van der Waals surface area contributed by atoms with E-state index in [1.54, 1.807) is 6.08 Å². The summed E-state index contributed by atoms with van der Waals surface area (Å²) in [7, 11) is 0. The monoisotopic (exact) mass is 914 g/mol. The van der Waals surface area contributed by atoms with E-state index in [4.69, 9.17) is 0 Å². The average molecular weight is 915 g/mol. The Morgan fingerprint density at radius 1 is 0.354 bits per heavy atom. The molecule has 0 fully saturated rings. The molecule has 0 aliphatic rings. The van der Waals surface area contributed by atoms with Crippen LogP contribution < -0.4 is 5.32 Å². The minimum atomic E-state index is -0.860. The van der Waals surface area contributed by atoms with Crippen LogP contribution in [0, 0.1) is 0 Å². The second-order valence-corrected chi connectivity index (χ2v) is 20.8. The van der Waals surface area contributed by atoms with Gasteiger partial charge in [0.25, 0.3) is 0 Å². The Labute approximate surface area is 409 Å². The molecular weight excluding hydrogens is 795 g/mol. The molecule has 2 unspecified atom stereocenters. The first-order valence-electron chi connectivity index (χ1n) is 30.1. The molecule has 65 heavy (non-hydrogen) atoms. The molecule has 0 rings (SSSR count). The summed E-state index contributed by atoms with van der Waals surface area (Å²) in [6.45, 7) is 4.34. The molecule has 0 heterocycles. The number of hydrogen-bond donors (Lipinski definition) is 3. The fourth-order valence-electron chi connectivity index (χ4n) is 9.61. The first-order valence-corrected chi connectivity index (χ1v) is 30.1. The lowest BCUT2D eigenvalue weighted by Crippen LogP contribution is -2.45. The molecule has 0 aromatic heterocycles. The van der Waals surface area contributed by atoms with Crippen molar-refractivity contribution in [2.24, 2.45) is 0 Å². The van der Waals surface area contributed by atoms with Gasteiger partial charge in [0.2, 0.25) is 5.91 Å². The van der Waals surface area contributed by atoms with Gasteiger partial charge >= 0.3 is 0 Å². The van der Waals surface area contributed by atoms with Gasteiger partial charge in [0.15, 0.2) is 0 Å². The number of unbranched alkanes of at least 4 members (excludes halogenated alkanes) is 47. The number of rotatable bonds is 56. The third-order valence-corrected chi connectivity index (χ3v) is 14.2. The van der Waals surface area contributed by atoms with Gasteiger partial charge in [0.05, 0.1) is 18.8 Å². The zero-order valence-electron chi connectivity index (χ0n) is 44.5. The molecule has 0 radical (unpaired) electrons. The van der Waals surface area contributed by atoms with E-state index in [1.165, 1.54) is 289 Å². The van der Waals surface area contributed by atoms with Crippen LogP contribution in [0.3, 0.4) is 0 Å². The van der Waals surface area contributed by atoms with E-state index in [2.05, 4.69) is 31.3 Å². The van der Waals surface area contributed by atoms with Crippen LogP contribution >= 0.6 is 0 Å². The Bertz CT molecular complexity index is 947. The number of nitrogens with one attached hydrogen (secondary N) is 1. The first-order chi connectivity index (χ1) is 32.2. The van der Waals surface area contributed by atoms with Gasteiger partial charge in [0.1, 0.15) is 0 Å². The molecule has 4 heteroatoms. The first kappa shape index (κ1) is 63.9. The topological polar surface area (TPSA) is 69.6 Å². The van der Waals surface area contributed by atoms with Crippen molar-refractivity contribution < 1.29 is 15.0 Å². The molecule has 0 aliphatic carbocycles.